The lowest BCUT2D eigenvalue weighted by molar-refractivity contribution is -0.106. The number of aliphatic hydroxyl groups is 1. The molecule has 7 nitrogen and oxygen atoms in total. The number of pyridine rings is 1. The molecule has 2 aliphatic rings. The molecule has 7 N–H and O–H groups in total. The minimum absolute atomic E-state index is 0.250. The summed E-state index contributed by atoms with van der Waals surface area (Å²) in [7, 11) is -1.44. The average molecular weight is 457 g/mol. The highest BCUT2D eigenvalue weighted by Gasteiger charge is 2.48. The third kappa shape index (κ3) is 5.63. The molecule has 2 aromatic rings. The maximum atomic E-state index is 14.0. The third-order valence-electron chi connectivity index (χ3n) is 5.11. The number of aromatic nitrogens is 1. The number of hydrogen-bond donors (Lipinski definition) is 4. The van der Waals surface area contributed by atoms with Gasteiger partial charge in [-0.3, -0.25) is 9.78 Å². The van der Waals surface area contributed by atoms with E-state index >= 15 is 0 Å². The molecule has 0 bridgehead atoms. The lowest BCUT2D eigenvalue weighted by atomic mass is 10.0. The van der Waals surface area contributed by atoms with Crippen molar-refractivity contribution in [3.05, 3.63) is 39.5 Å². The molecule has 166 valence electrons. The summed E-state index contributed by atoms with van der Waals surface area (Å²) in [5.41, 5.74) is 13.4. The van der Waals surface area contributed by atoms with Crippen LogP contribution in [-0.4, -0.2) is 20.7 Å². The number of carbonyl (C=O) groups excluding carboxylic acids is 1. The SMILES string of the molecule is CC(C)(O)c1csc(S(N)=O)c1.Cc1c(C2(F)CC2)nc2c(c1N)CCC2.NC=O. The minimum Gasteiger partial charge on any atom is -0.398 e. The van der Waals surface area contributed by atoms with E-state index in [-0.39, 0.29) is 6.41 Å². The van der Waals surface area contributed by atoms with Crippen LogP contribution in [0.3, 0.4) is 0 Å². The summed E-state index contributed by atoms with van der Waals surface area (Å²) in [4.78, 5) is 13.1. The van der Waals surface area contributed by atoms with Crippen LogP contribution >= 0.6 is 11.3 Å². The van der Waals surface area contributed by atoms with E-state index in [0.29, 0.717) is 22.7 Å². The zero-order valence-electron chi connectivity index (χ0n) is 17.4. The first kappa shape index (κ1) is 24.4. The molecule has 1 amide bonds. The number of nitrogens with two attached hydrogens (primary N) is 3. The Hall–Kier alpha value is -1.88. The van der Waals surface area contributed by atoms with Crippen molar-refractivity contribution in [1.82, 2.24) is 4.98 Å². The van der Waals surface area contributed by atoms with E-state index in [1.807, 2.05) is 6.92 Å². The Bertz CT molecular complexity index is 937. The van der Waals surface area contributed by atoms with Crippen molar-refractivity contribution < 1.29 is 18.5 Å². The number of nitrogen functional groups attached to an aromatic ring is 1. The van der Waals surface area contributed by atoms with Gasteiger partial charge in [0.15, 0.2) is 5.67 Å². The second-order valence-corrected chi connectivity index (χ2v) is 10.1. The average Bonchev–Trinajstić information content (AvgIpc) is 3.08. The van der Waals surface area contributed by atoms with Crippen LogP contribution in [0.25, 0.3) is 0 Å². The van der Waals surface area contributed by atoms with E-state index < -0.39 is 22.3 Å². The van der Waals surface area contributed by atoms with E-state index in [1.165, 1.54) is 16.9 Å². The summed E-state index contributed by atoms with van der Waals surface area (Å²) in [6.07, 6.45) is 4.55. The second kappa shape index (κ2) is 9.51. The van der Waals surface area contributed by atoms with Gasteiger partial charge in [-0.15, -0.1) is 11.3 Å². The van der Waals surface area contributed by atoms with Crippen molar-refractivity contribution in [1.29, 1.82) is 0 Å². The van der Waals surface area contributed by atoms with Gasteiger partial charge in [-0.05, 0) is 81.0 Å². The zero-order valence-corrected chi connectivity index (χ0v) is 19.0. The molecule has 30 heavy (non-hydrogen) atoms. The molecule has 0 saturated heterocycles. The molecular weight excluding hydrogens is 427 g/mol. The number of anilines is 1. The number of carbonyl (C=O) groups is 1. The number of amides is 1. The molecule has 1 fully saturated rings. The smallest absolute Gasteiger partial charge is 0.204 e. The highest BCUT2D eigenvalue weighted by Crippen LogP contribution is 2.51. The van der Waals surface area contributed by atoms with Gasteiger partial charge in [0.1, 0.15) is 15.2 Å². The Balaban J connectivity index is 0.000000194. The number of rotatable bonds is 3. The summed E-state index contributed by atoms with van der Waals surface area (Å²) in [5, 5.41) is 16.5. The number of alkyl halides is 1. The van der Waals surface area contributed by atoms with Gasteiger partial charge < -0.3 is 16.6 Å². The molecule has 2 heterocycles. The molecule has 0 spiro atoms. The Morgan fingerprint density at radius 3 is 2.40 bits per heavy atom. The van der Waals surface area contributed by atoms with Crippen molar-refractivity contribution in [3.8, 4) is 0 Å². The molecule has 2 aliphatic carbocycles. The maximum absolute atomic E-state index is 14.0. The lowest BCUT2D eigenvalue weighted by Gasteiger charge is -2.14. The molecule has 1 atom stereocenters. The van der Waals surface area contributed by atoms with Gasteiger partial charge in [0.25, 0.3) is 0 Å². The Morgan fingerprint density at radius 1 is 1.37 bits per heavy atom. The van der Waals surface area contributed by atoms with E-state index in [0.717, 1.165) is 41.8 Å². The predicted octanol–water partition coefficient (Wildman–Crippen LogP) is 2.48. The molecule has 4 rings (SSSR count). The second-order valence-electron chi connectivity index (χ2n) is 7.89. The van der Waals surface area contributed by atoms with Gasteiger partial charge in [0.05, 0.1) is 11.3 Å². The number of fused-ring (bicyclic) bond motifs is 1. The first-order valence-electron chi connectivity index (χ1n) is 9.54. The maximum Gasteiger partial charge on any atom is 0.204 e. The van der Waals surface area contributed by atoms with Crippen LogP contribution in [0.4, 0.5) is 10.1 Å². The lowest BCUT2D eigenvalue weighted by Crippen LogP contribution is -2.14. The van der Waals surface area contributed by atoms with Crippen LogP contribution in [0, 0.1) is 6.92 Å². The van der Waals surface area contributed by atoms with Crippen molar-refractivity contribution in [2.45, 2.75) is 68.4 Å². The fourth-order valence-corrected chi connectivity index (χ4v) is 4.80. The fourth-order valence-electron chi connectivity index (χ4n) is 3.24. The Labute approximate surface area is 182 Å². The van der Waals surface area contributed by atoms with Crippen molar-refractivity contribution in [2.24, 2.45) is 10.9 Å². The summed E-state index contributed by atoms with van der Waals surface area (Å²) < 4.78 is 25.4. The van der Waals surface area contributed by atoms with Crippen LogP contribution < -0.4 is 16.6 Å². The molecule has 1 saturated carbocycles. The summed E-state index contributed by atoms with van der Waals surface area (Å²) in [6, 6.07) is 1.67. The molecule has 0 radical (unpaired) electrons. The van der Waals surface area contributed by atoms with Crippen molar-refractivity contribution in [2.75, 3.05) is 5.73 Å². The number of aryl methyl sites for hydroxylation is 1. The topological polar surface area (TPSA) is 145 Å². The van der Waals surface area contributed by atoms with Gasteiger partial charge in [0, 0.05) is 11.4 Å². The van der Waals surface area contributed by atoms with Crippen molar-refractivity contribution >= 4 is 34.4 Å². The highest BCUT2D eigenvalue weighted by atomic mass is 32.2. The quantitative estimate of drug-likeness (QED) is 0.524. The number of hydrogen-bond acceptors (Lipinski definition) is 6. The van der Waals surface area contributed by atoms with Gasteiger partial charge in [0.2, 0.25) is 6.41 Å². The van der Waals surface area contributed by atoms with Gasteiger partial charge in [-0.25, -0.2) is 13.7 Å². The highest BCUT2D eigenvalue weighted by molar-refractivity contribution is 7.85. The number of nitrogens with zero attached hydrogens (tertiary/aromatic N) is 1. The van der Waals surface area contributed by atoms with E-state index in [4.69, 9.17) is 15.7 Å². The molecule has 2 aromatic heterocycles. The molecule has 0 aliphatic heterocycles. The zero-order chi connectivity index (χ0) is 22.7. The molecule has 10 heteroatoms. The van der Waals surface area contributed by atoms with Gasteiger partial charge in [-0.2, -0.15) is 0 Å². The summed E-state index contributed by atoms with van der Waals surface area (Å²) in [5.74, 6) is 0. The number of halogens is 1. The molecular formula is C20H29FN4O3S2. The largest absolute Gasteiger partial charge is 0.398 e. The van der Waals surface area contributed by atoms with Crippen LogP contribution in [0.2, 0.25) is 0 Å². The first-order chi connectivity index (χ1) is 13.9. The Morgan fingerprint density at radius 2 is 1.97 bits per heavy atom. The summed E-state index contributed by atoms with van der Waals surface area (Å²) >= 11 is 1.30. The fraction of sp³-hybridized carbons (Fsp3) is 0.500. The summed E-state index contributed by atoms with van der Waals surface area (Å²) in [6.45, 7) is 5.26. The standard InChI is InChI=1S/C12H15FN2.C7H11NO2S2.CH3NO/c1-7-10(14)8-3-2-4-9(8)15-11(7)12(13)5-6-12;1-7(2,9)5-3-6(11-4-5)12(8)10;2-1-3/h2-6H2,1H3,(H2,14,15);3-4,9H,8H2,1-2H3;1H,(H2,2,3). The van der Waals surface area contributed by atoms with Crippen LogP contribution in [0.5, 0.6) is 0 Å². The number of primary amides is 1. The van der Waals surface area contributed by atoms with Crippen molar-refractivity contribution in [3.63, 3.8) is 0 Å². The molecule has 1 unspecified atom stereocenters. The number of thiophene rings is 1. The monoisotopic (exact) mass is 456 g/mol. The van der Waals surface area contributed by atoms with E-state index in [2.05, 4.69) is 10.7 Å². The first-order valence-corrected chi connectivity index (χ1v) is 11.6. The minimum atomic E-state index is -1.44. The predicted molar refractivity (Wildman–Crippen MR) is 118 cm³/mol. The van der Waals surface area contributed by atoms with E-state index in [9.17, 15) is 13.7 Å². The van der Waals surface area contributed by atoms with E-state index in [1.54, 1.807) is 25.3 Å². The normalized spacial score (nSPS) is 17.0. The van der Waals surface area contributed by atoms with Crippen LogP contribution in [-0.2, 0) is 39.9 Å². The Kier molecular flexibility index (Phi) is 7.73. The van der Waals surface area contributed by atoms with Crippen LogP contribution in [0.15, 0.2) is 15.7 Å². The van der Waals surface area contributed by atoms with Gasteiger partial charge >= 0.3 is 0 Å². The van der Waals surface area contributed by atoms with Gasteiger partial charge in [-0.1, -0.05) is 0 Å². The third-order valence-corrected chi connectivity index (χ3v) is 7.13. The van der Waals surface area contributed by atoms with Crippen LogP contribution in [0.1, 0.15) is 61.2 Å². The molecule has 0 aromatic carbocycles.